The van der Waals surface area contributed by atoms with E-state index in [1.54, 1.807) is 18.2 Å². The molecule has 0 aliphatic carbocycles. The number of aliphatic hydroxyl groups excluding tert-OH is 1. The summed E-state index contributed by atoms with van der Waals surface area (Å²) in [5.41, 5.74) is 6.93. The molecule has 0 heterocycles. The molecule has 0 saturated heterocycles. The highest BCUT2D eigenvalue weighted by atomic mass is 35.5. The van der Waals surface area contributed by atoms with Crippen molar-refractivity contribution < 1.29 is 9.50 Å². The van der Waals surface area contributed by atoms with E-state index in [1.807, 2.05) is 0 Å². The van der Waals surface area contributed by atoms with Gasteiger partial charge in [-0.05, 0) is 35.4 Å². The zero-order chi connectivity index (χ0) is 14.7. The van der Waals surface area contributed by atoms with Crippen LogP contribution >= 0.6 is 23.2 Å². The van der Waals surface area contributed by atoms with Crippen LogP contribution in [-0.4, -0.2) is 11.7 Å². The third kappa shape index (κ3) is 3.13. The highest BCUT2D eigenvalue weighted by Gasteiger charge is 2.25. The number of rotatable bonds is 4. The molecule has 0 bridgehead atoms. The van der Waals surface area contributed by atoms with Crippen molar-refractivity contribution in [2.24, 2.45) is 5.73 Å². The van der Waals surface area contributed by atoms with Crippen molar-refractivity contribution in [3.8, 4) is 0 Å². The molecule has 0 fully saturated rings. The van der Waals surface area contributed by atoms with Crippen molar-refractivity contribution in [3.63, 3.8) is 0 Å². The van der Waals surface area contributed by atoms with Crippen LogP contribution in [0.5, 0.6) is 0 Å². The topological polar surface area (TPSA) is 46.2 Å². The molecule has 0 spiro atoms. The fraction of sp³-hybridized carbons (Fsp3) is 0.200. The van der Waals surface area contributed by atoms with Gasteiger partial charge in [-0.15, -0.1) is 0 Å². The average Bonchev–Trinajstić information content (AvgIpc) is 2.43. The second-order valence-electron chi connectivity index (χ2n) is 4.47. The molecule has 2 aromatic rings. The van der Waals surface area contributed by atoms with Gasteiger partial charge in [-0.2, -0.15) is 0 Å². The van der Waals surface area contributed by atoms with Gasteiger partial charge in [-0.1, -0.05) is 41.4 Å². The van der Waals surface area contributed by atoms with E-state index in [1.165, 1.54) is 24.3 Å². The molecule has 0 aliphatic rings. The molecular weight excluding hydrogens is 300 g/mol. The molecule has 0 aliphatic heterocycles. The molecule has 2 nitrogen and oxygen atoms in total. The summed E-state index contributed by atoms with van der Waals surface area (Å²) >= 11 is 12.3. The Labute approximate surface area is 126 Å². The Morgan fingerprint density at radius 1 is 1.05 bits per heavy atom. The fourth-order valence-electron chi connectivity index (χ4n) is 2.16. The van der Waals surface area contributed by atoms with E-state index in [0.29, 0.717) is 21.2 Å². The van der Waals surface area contributed by atoms with Crippen LogP contribution in [-0.2, 0) is 0 Å². The van der Waals surface area contributed by atoms with E-state index in [4.69, 9.17) is 28.9 Å². The SMILES string of the molecule is NCC(c1c(Cl)cccc1Cl)C(O)c1ccc(F)cc1. The van der Waals surface area contributed by atoms with Crippen molar-refractivity contribution in [2.45, 2.75) is 12.0 Å². The van der Waals surface area contributed by atoms with Crippen LogP contribution in [0, 0.1) is 5.82 Å². The van der Waals surface area contributed by atoms with Crippen LogP contribution < -0.4 is 5.73 Å². The number of nitrogens with two attached hydrogens (primary N) is 1. The van der Waals surface area contributed by atoms with E-state index < -0.39 is 12.0 Å². The summed E-state index contributed by atoms with van der Waals surface area (Å²) in [6, 6.07) is 10.7. The fourth-order valence-corrected chi connectivity index (χ4v) is 2.84. The minimum Gasteiger partial charge on any atom is -0.388 e. The normalized spacial score (nSPS) is 14.1. The van der Waals surface area contributed by atoms with Gasteiger partial charge in [0.2, 0.25) is 0 Å². The van der Waals surface area contributed by atoms with Crippen molar-refractivity contribution in [1.29, 1.82) is 0 Å². The maximum Gasteiger partial charge on any atom is 0.123 e. The third-order valence-corrected chi connectivity index (χ3v) is 3.88. The Morgan fingerprint density at radius 3 is 2.10 bits per heavy atom. The largest absolute Gasteiger partial charge is 0.388 e. The summed E-state index contributed by atoms with van der Waals surface area (Å²) in [6.45, 7) is 0.169. The quantitative estimate of drug-likeness (QED) is 0.899. The minimum absolute atomic E-state index is 0.169. The lowest BCUT2D eigenvalue weighted by atomic mass is 9.89. The number of hydrogen-bond acceptors (Lipinski definition) is 2. The van der Waals surface area contributed by atoms with Crippen LogP contribution in [0.2, 0.25) is 10.0 Å². The van der Waals surface area contributed by atoms with Gasteiger partial charge in [0.15, 0.2) is 0 Å². The Hall–Kier alpha value is -1.13. The van der Waals surface area contributed by atoms with E-state index in [-0.39, 0.29) is 12.4 Å². The van der Waals surface area contributed by atoms with E-state index >= 15 is 0 Å². The van der Waals surface area contributed by atoms with Gasteiger partial charge >= 0.3 is 0 Å². The predicted octanol–water partition coefficient (Wildman–Crippen LogP) is 3.91. The maximum atomic E-state index is 12.9. The number of hydrogen-bond donors (Lipinski definition) is 2. The molecule has 0 amide bonds. The highest BCUT2D eigenvalue weighted by molar-refractivity contribution is 6.36. The Bertz CT molecular complexity index is 569. The van der Waals surface area contributed by atoms with Crippen molar-refractivity contribution >= 4 is 23.2 Å². The smallest absolute Gasteiger partial charge is 0.123 e. The van der Waals surface area contributed by atoms with Gasteiger partial charge in [-0.25, -0.2) is 4.39 Å². The molecule has 20 heavy (non-hydrogen) atoms. The van der Waals surface area contributed by atoms with E-state index in [9.17, 15) is 9.50 Å². The van der Waals surface area contributed by atoms with Crippen LogP contribution in [0.3, 0.4) is 0 Å². The Balaban J connectivity index is 2.39. The molecule has 2 aromatic carbocycles. The highest BCUT2D eigenvalue weighted by Crippen LogP contribution is 2.38. The lowest BCUT2D eigenvalue weighted by Gasteiger charge is -2.24. The van der Waals surface area contributed by atoms with Gasteiger partial charge in [0.05, 0.1) is 6.10 Å². The van der Waals surface area contributed by atoms with Crippen LogP contribution in [0.1, 0.15) is 23.1 Å². The van der Waals surface area contributed by atoms with Gasteiger partial charge in [0.25, 0.3) is 0 Å². The molecule has 2 unspecified atom stereocenters. The summed E-state index contributed by atoms with van der Waals surface area (Å²) < 4.78 is 12.9. The molecule has 2 atom stereocenters. The first-order valence-electron chi connectivity index (χ1n) is 6.12. The average molecular weight is 314 g/mol. The van der Waals surface area contributed by atoms with Crippen LogP contribution in [0.4, 0.5) is 4.39 Å². The number of halogens is 3. The van der Waals surface area contributed by atoms with Gasteiger partial charge in [0, 0.05) is 22.5 Å². The van der Waals surface area contributed by atoms with Crippen molar-refractivity contribution in [1.82, 2.24) is 0 Å². The molecule has 106 valence electrons. The van der Waals surface area contributed by atoms with Gasteiger partial charge < -0.3 is 10.8 Å². The van der Waals surface area contributed by atoms with E-state index in [2.05, 4.69) is 0 Å². The van der Waals surface area contributed by atoms with E-state index in [0.717, 1.165) is 0 Å². The molecular formula is C15H14Cl2FNO. The lowest BCUT2D eigenvalue weighted by Crippen LogP contribution is -2.21. The maximum absolute atomic E-state index is 12.9. The molecule has 0 radical (unpaired) electrons. The molecule has 0 saturated carbocycles. The summed E-state index contributed by atoms with van der Waals surface area (Å²) in [5, 5.41) is 11.4. The van der Waals surface area contributed by atoms with Crippen molar-refractivity contribution in [2.75, 3.05) is 6.54 Å². The molecule has 2 rings (SSSR count). The first-order chi connectivity index (χ1) is 9.54. The summed E-state index contributed by atoms with van der Waals surface area (Å²) in [4.78, 5) is 0. The van der Waals surface area contributed by atoms with Crippen molar-refractivity contribution in [3.05, 3.63) is 69.5 Å². The molecule has 3 N–H and O–H groups in total. The first-order valence-corrected chi connectivity index (χ1v) is 6.87. The van der Waals surface area contributed by atoms with Crippen LogP contribution in [0.15, 0.2) is 42.5 Å². The second-order valence-corrected chi connectivity index (χ2v) is 5.29. The van der Waals surface area contributed by atoms with Crippen LogP contribution in [0.25, 0.3) is 0 Å². The molecule has 5 heteroatoms. The number of aliphatic hydroxyl groups is 1. The minimum atomic E-state index is -0.905. The molecule has 0 aromatic heterocycles. The monoisotopic (exact) mass is 313 g/mol. The summed E-state index contributed by atoms with van der Waals surface area (Å²) in [6.07, 6.45) is -0.905. The Morgan fingerprint density at radius 2 is 1.60 bits per heavy atom. The van der Waals surface area contributed by atoms with Gasteiger partial charge in [-0.3, -0.25) is 0 Å². The van der Waals surface area contributed by atoms with Gasteiger partial charge in [0.1, 0.15) is 5.82 Å². The zero-order valence-electron chi connectivity index (χ0n) is 10.6. The predicted molar refractivity (Wildman–Crippen MR) is 79.6 cm³/mol. The lowest BCUT2D eigenvalue weighted by molar-refractivity contribution is 0.147. The summed E-state index contributed by atoms with van der Waals surface area (Å²) in [7, 11) is 0. The summed E-state index contributed by atoms with van der Waals surface area (Å²) in [5.74, 6) is -0.817. The third-order valence-electron chi connectivity index (χ3n) is 3.22. The second kappa shape index (κ2) is 6.55. The number of benzene rings is 2. The zero-order valence-corrected chi connectivity index (χ0v) is 12.1. The first kappa shape index (κ1) is 15.3. The standard InChI is InChI=1S/C15H14Cl2FNO/c16-12-2-1-3-13(17)14(12)11(8-19)15(20)9-4-6-10(18)7-5-9/h1-7,11,15,20H,8,19H2. The Kier molecular flexibility index (Phi) is 5.00.